The maximum Gasteiger partial charge on any atom is 0.352 e. The highest BCUT2D eigenvalue weighted by Gasteiger charge is 2.98. The van der Waals surface area contributed by atoms with Crippen molar-refractivity contribution in [3.05, 3.63) is 51.3 Å². The Morgan fingerprint density at radius 3 is 2.32 bits per heavy atom. The van der Waals surface area contributed by atoms with Crippen LogP contribution in [-0.2, 0) is 0 Å². The summed E-state index contributed by atoms with van der Waals surface area (Å²) >= 11 is 0. The van der Waals surface area contributed by atoms with Crippen LogP contribution in [0, 0.1) is 29.6 Å². The van der Waals surface area contributed by atoms with Crippen LogP contribution in [0.1, 0.15) is 12.1 Å². The zero-order valence-corrected chi connectivity index (χ0v) is 11.5. The monoisotopic (exact) mass is 297 g/mol. The van der Waals surface area contributed by atoms with Gasteiger partial charge in [0.05, 0.1) is 17.8 Å². The molecule has 6 aliphatic rings. The molecular weight excluding hydrogens is 285 g/mol. The zero-order chi connectivity index (χ0) is 14.5. The molecule has 2 bridgehead atoms. The van der Waals surface area contributed by atoms with Gasteiger partial charge in [0.2, 0.25) is 0 Å². The number of hydrogen-bond acceptors (Lipinski definition) is 2. The molecule has 2 aliphatic heterocycles. The number of benzene rings is 1. The molecule has 4 saturated carbocycles. The summed E-state index contributed by atoms with van der Waals surface area (Å²) < 4.78 is 19.5. The zero-order valence-electron chi connectivity index (χ0n) is 11.5. The molecule has 4 fully saturated rings. The van der Waals surface area contributed by atoms with E-state index in [9.17, 15) is 9.59 Å². The molecule has 0 radical (unpaired) electrons. The van der Waals surface area contributed by atoms with Gasteiger partial charge in [-0.1, -0.05) is 18.2 Å². The van der Waals surface area contributed by atoms with Gasteiger partial charge in [0, 0.05) is 11.8 Å². The van der Waals surface area contributed by atoms with Gasteiger partial charge in [-0.15, -0.1) is 0 Å². The quantitative estimate of drug-likeness (QED) is 0.779. The Hall–Kier alpha value is -2.11. The van der Waals surface area contributed by atoms with Gasteiger partial charge >= 0.3 is 11.4 Å². The molecule has 1 aromatic carbocycles. The van der Waals surface area contributed by atoms with Crippen LogP contribution < -0.4 is 11.4 Å². The molecule has 2 aromatic rings. The molecule has 110 valence electrons. The third-order valence-electron chi connectivity index (χ3n) is 7.05. The average Bonchev–Trinajstić information content (AvgIpc) is 3.26. The molecule has 6 heteroatoms. The fourth-order valence-electron chi connectivity index (χ4n) is 6.57. The van der Waals surface area contributed by atoms with E-state index in [1.165, 1.54) is 9.25 Å². The van der Waals surface area contributed by atoms with E-state index in [-0.39, 0.29) is 29.3 Å². The highest BCUT2D eigenvalue weighted by molar-refractivity contribution is 5.45. The van der Waals surface area contributed by atoms with Crippen molar-refractivity contribution in [1.82, 2.24) is 13.9 Å². The predicted molar refractivity (Wildman–Crippen MR) is 73.7 cm³/mol. The Labute approximate surface area is 123 Å². The second kappa shape index (κ2) is 2.64. The molecule has 0 saturated heterocycles. The molecule has 0 spiro atoms. The van der Waals surface area contributed by atoms with E-state index in [0.717, 1.165) is 0 Å². The van der Waals surface area contributed by atoms with Crippen LogP contribution in [0.15, 0.2) is 39.9 Å². The molecule has 8 rings (SSSR count). The first-order chi connectivity index (χ1) is 10.7. The van der Waals surface area contributed by atoms with Crippen LogP contribution in [0.25, 0.3) is 5.69 Å². The Morgan fingerprint density at radius 1 is 0.909 bits per heavy atom. The van der Waals surface area contributed by atoms with Crippen LogP contribution in [0.4, 0.5) is 4.39 Å². The van der Waals surface area contributed by atoms with Gasteiger partial charge in [-0.2, -0.15) is 0 Å². The molecule has 4 aliphatic carbocycles. The smallest absolute Gasteiger partial charge is 0.245 e. The third-order valence-corrected chi connectivity index (χ3v) is 7.05. The van der Waals surface area contributed by atoms with E-state index in [0.29, 0.717) is 23.4 Å². The molecule has 0 N–H and O–H groups in total. The summed E-state index contributed by atoms with van der Waals surface area (Å²) in [5.74, 6) is 1.28. The van der Waals surface area contributed by atoms with Crippen LogP contribution in [0.3, 0.4) is 0 Å². The van der Waals surface area contributed by atoms with Crippen LogP contribution in [0.5, 0.6) is 0 Å². The van der Waals surface area contributed by atoms with Crippen molar-refractivity contribution in [2.75, 3.05) is 0 Å². The molecule has 3 heterocycles. The summed E-state index contributed by atoms with van der Waals surface area (Å²) in [4.78, 5) is 25.7. The first kappa shape index (κ1) is 10.6. The SMILES string of the molecule is O=c1n(-c2ccccc2)c(=O)n2n1[C@H]1[C@@H]3[C@@H]4[C@@H]3[C@H]2[C@]2(F)[C@H]4[C@H]12. The minimum Gasteiger partial charge on any atom is -0.245 e. The molecular formula is C16H12FN3O2. The van der Waals surface area contributed by atoms with Gasteiger partial charge in [-0.05, 0) is 29.9 Å². The Morgan fingerprint density at radius 2 is 1.64 bits per heavy atom. The molecule has 5 nitrogen and oxygen atoms in total. The topological polar surface area (TPSA) is 48.9 Å². The van der Waals surface area contributed by atoms with Gasteiger partial charge in [0.1, 0.15) is 5.67 Å². The minimum atomic E-state index is -1.20. The maximum absolute atomic E-state index is 15.2. The van der Waals surface area contributed by atoms with E-state index in [4.69, 9.17) is 0 Å². The van der Waals surface area contributed by atoms with Crippen molar-refractivity contribution in [2.45, 2.75) is 17.8 Å². The van der Waals surface area contributed by atoms with Gasteiger partial charge in [-0.3, -0.25) is 0 Å². The van der Waals surface area contributed by atoms with E-state index < -0.39 is 11.7 Å². The third kappa shape index (κ3) is 0.725. The second-order valence-corrected chi connectivity index (χ2v) is 7.47. The summed E-state index contributed by atoms with van der Waals surface area (Å²) in [6.07, 6.45) is 0. The first-order valence-electron chi connectivity index (χ1n) is 7.88. The van der Waals surface area contributed by atoms with Crippen LogP contribution in [-0.4, -0.2) is 19.6 Å². The highest BCUT2D eigenvalue weighted by atomic mass is 19.1. The number of halogens is 1. The van der Waals surface area contributed by atoms with Gasteiger partial charge in [0.25, 0.3) is 0 Å². The number of aromatic nitrogens is 3. The predicted octanol–water partition coefficient (Wildman–Crippen LogP) is 0.740. The summed E-state index contributed by atoms with van der Waals surface area (Å²) in [5, 5.41) is 0. The van der Waals surface area contributed by atoms with E-state index in [2.05, 4.69) is 0 Å². The lowest BCUT2D eigenvalue weighted by molar-refractivity contribution is 0.0263. The minimum absolute atomic E-state index is 0.0128. The normalized spacial score (nSPS) is 50.1. The van der Waals surface area contributed by atoms with Crippen molar-refractivity contribution in [3.8, 4) is 5.69 Å². The number of hydrogen-bond donors (Lipinski definition) is 0. The largest absolute Gasteiger partial charge is 0.352 e. The number of nitrogens with zero attached hydrogens (tertiary/aromatic N) is 3. The molecule has 1 aromatic heterocycles. The van der Waals surface area contributed by atoms with Gasteiger partial charge in [-0.25, -0.2) is 27.9 Å². The molecule has 8 atom stereocenters. The first-order valence-corrected chi connectivity index (χ1v) is 7.88. The maximum atomic E-state index is 15.2. The summed E-state index contributed by atoms with van der Waals surface area (Å²) in [6, 6.07) is 8.45. The standard InChI is InChI=1S/C16H12FN3O2/c17-16-10-7-8-9(7)13(16)20-15(22)18(6-4-2-1-3-5-6)14(21)19(20)12(8)11(10)16/h1-5,7-13H/t7-,8-,9+,10-,11-,12+,13+,16+/m1/s1. The average molecular weight is 297 g/mol. The highest BCUT2D eigenvalue weighted by Crippen LogP contribution is 2.94. The van der Waals surface area contributed by atoms with Crippen LogP contribution >= 0.6 is 0 Å². The fourth-order valence-corrected chi connectivity index (χ4v) is 6.57. The number of para-hydroxylation sites is 1. The molecule has 0 amide bonds. The second-order valence-electron chi connectivity index (χ2n) is 7.47. The lowest BCUT2D eigenvalue weighted by atomic mass is 9.87. The summed E-state index contributed by atoms with van der Waals surface area (Å²) in [7, 11) is 0. The molecule has 0 unspecified atom stereocenters. The Balaban J connectivity index is 1.59. The van der Waals surface area contributed by atoms with Crippen molar-refractivity contribution in [1.29, 1.82) is 0 Å². The Bertz CT molecular complexity index is 1000. The Kier molecular flexibility index (Phi) is 1.27. The lowest BCUT2D eigenvalue weighted by Crippen LogP contribution is -2.49. The summed E-state index contributed by atoms with van der Waals surface area (Å²) in [6.45, 7) is 0. The van der Waals surface area contributed by atoms with Crippen molar-refractivity contribution in [3.63, 3.8) is 0 Å². The van der Waals surface area contributed by atoms with Crippen molar-refractivity contribution < 1.29 is 4.39 Å². The van der Waals surface area contributed by atoms with Crippen molar-refractivity contribution >= 4 is 0 Å². The van der Waals surface area contributed by atoms with E-state index in [1.807, 2.05) is 6.07 Å². The molecule has 22 heavy (non-hydrogen) atoms. The van der Waals surface area contributed by atoms with Gasteiger partial charge < -0.3 is 0 Å². The lowest BCUT2D eigenvalue weighted by Gasteiger charge is -2.39. The fraction of sp³-hybridized carbons (Fsp3) is 0.500. The van der Waals surface area contributed by atoms with Crippen molar-refractivity contribution in [2.24, 2.45) is 29.6 Å². The van der Waals surface area contributed by atoms with Crippen LogP contribution in [0.2, 0.25) is 0 Å². The number of alkyl halides is 1. The van der Waals surface area contributed by atoms with Gasteiger partial charge in [0.15, 0.2) is 0 Å². The van der Waals surface area contributed by atoms with E-state index >= 15 is 4.39 Å². The number of rotatable bonds is 1. The summed E-state index contributed by atoms with van der Waals surface area (Å²) in [5.41, 5.74) is -1.31. The van der Waals surface area contributed by atoms with E-state index in [1.54, 1.807) is 28.9 Å².